The largest absolute Gasteiger partial charge is 0.472 e. The van der Waals surface area contributed by atoms with Gasteiger partial charge in [-0.2, -0.15) is 0 Å². The second-order valence-electron chi connectivity index (χ2n) is 4.47. The maximum atomic E-state index is 12.0. The number of sulfonamides is 1. The molecule has 0 unspecified atom stereocenters. The zero-order chi connectivity index (χ0) is 14.7. The Hall–Kier alpha value is -1.89. The molecule has 6 heteroatoms. The van der Waals surface area contributed by atoms with Crippen LogP contribution in [-0.4, -0.2) is 8.42 Å². The third kappa shape index (κ3) is 3.24. The monoisotopic (exact) mass is 319 g/mol. The Kier molecular flexibility index (Phi) is 3.92. The van der Waals surface area contributed by atoms with E-state index in [9.17, 15) is 8.42 Å². The minimum atomic E-state index is -3.41. The fourth-order valence-corrected chi connectivity index (χ4v) is 3.96. The van der Waals surface area contributed by atoms with E-state index >= 15 is 0 Å². The van der Waals surface area contributed by atoms with Crippen LogP contribution in [0, 0.1) is 0 Å². The second kappa shape index (κ2) is 5.85. The zero-order valence-electron chi connectivity index (χ0n) is 11.0. The normalized spacial score (nSPS) is 11.6. The van der Waals surface area contributed by atoms with Gasteiger partial charge in [-0.05, 0) is 28.6 Å². The van der Waals surface area contributed by atoms with Crippen molar-refractivity contribution in [1.29, 1.82) is 0 Å². The molecule has 108 valence electrons. The highest BCUT2D eigenvalue weighted by Gasteiger charge is 2.14. The number of nitrogens with one attached hydrogen (secondary N) is 1. The van der Waals surface area contributed by atoms with Crippen LogP contribution in [0.3, 0.4) is 0 Å². The molecule has 0 bridgehead atoms. The Morgan fingerprint density at radius 1 is 1.05 bits per heavy atom. The predicted octanol–water partition coefficient (Wildman–Crippen LogP) is 3.49. The van der Waals surface area contributed by atoms with E-state index in [1.165, 1.54) is 11.3 Å². The van der Waals surface area contributed by atoms with Gasteiger partial charge in [-0.3, -0.25) is 0 Å². The van der Waals surface area contributed by atoms with Crippen molar-refractivity contribution in [2.75, 3.05) is 0 Å². The van der Waals surface area contributed by atoms with E-state index in [0.29, 0.717) is 4.21 Å². The van der Waals surface area contributed by atoms with Gasteiger partial charge < -0.3 is 4.42 Å². The van der Waals surface area contributed by atoms with Crippen LogP contribution in [-0.2, 0) is 16.6 Å². The van der Waals surface area contributed by atoms with E-state index in [-0.39, 0.29) is 6.54 Å². The molecule has 0 spiro atoms. The van der Waals surface area contributed by atoms with Crippen LogP contribution in [0.1, 0.15) is 5.56 Å². The molecule has 3 rings (SSSR count). The lowest BCUT2D eigenvalue weighted by atomic mass is 10.1. The van der Waals surface area contributed by atoms with Gasteiger partial charge in [0.1, 0.15) is 4.21 Å². The Morgan fingerprint density at radius 2 is 1.86 bits per heavy atom. The molecule has 0 atom stereocenters. The lowest BCUT2D eigenvalue weighted by molar-refractivity contribution is 0.568. The molecule has 0 aliphatic carbocycles. The lowest BCUT2D eigenvalue weighted by Crippen LogP contribution is -2.22. The van der Waals surface area contributed by atoms with Gasteiger partial charge in [0.05, 0.1) is 12.5 Å². The topological polar surface area (TPSA) is 59.3 Å². The van der Waals surface area contributed by atoms with E-state index < -0.39 is 10.0 Å². The third-order valence-corrected chi connectivity index (χ3v) is 5.83. The first-order chi connectivity index (χ1) is 10.1. The Morgan fingerprint density at radius 3 is 2.48 bits per heavy atom. The summed E-state index contributed by atoms with van der Waals surface area (Å²) in [6, 6.07) is 12.9. The SMILES string of the molecule is O=S(=O)(NCc1ccc(-c2ccoc2)cc1)c1cccs1. The van der Waals surface area contributed by atoms with E-state index in [1.54, 1.807) is 30.0 Å². The molecule has 4 nitrogen and oxygen atoms in total. The molecule has 0 aliphatic rings. The second-order valence-corrected chi connectivity index (χ2v) is 7.41. The summed E-state index contributed by atoms with van der Waals surface area (Å²) in [6.45, 7) is 0.270. The maximum absolute atomic E-state index is 12.0. The number of rotatable bonds is 5. The predicted molar refractivity (Wildman–Crippen MR) is 82.5 cm³/mol. The number of benzene rings is 1. The Labute approximate surface area is 127 Å². The van der Waals surface area contributed by atoms with Gasteiger partial charge >= 0.3 is 0 Å². The molecule has 1 N–H and O–H groups in total. The van der Waals surface area contributed by atoms with Gasteiger partial charge in [-0.15, -0.1) is 11.3 Å². The summed E-state index contributed by atoms with van der Waals surface area (Å²) in [4.78, 5) is 0. The standard InChI is InChI=1S/C15H13NO3S2/c17-21(18,15-2-1-9-20-15)16-10-12-3-5-13(6-4-12)14-7-8-19-11-14/h1-9,11,16H,10H2. The number of hydrogen-bond donors (Lipinski definition) is 1. The smallest absolute Gasteiger partial charge is 0.250 e. The molecular formula is C15H13NO3S2. The Balaban J connectivity index is 1.69. The summed E-state index contributed by atoms with van der Waals surface area (Å²) in [5.74, 6) is 0. The van der Waals surface area contributed by atoms with Crippen LogP contribution in [0.4, 0.5) is 0 Å². The summed E-state index contributed by atoms with van der Waals surface area (Å²) in [5, 5.41) is 1.74. The highest BCUT2D eigenvalue weighted by Crippen LogP contribution is 2.20. The average molecular weight is 319 g/mol. The molecule has 2 aromatic heterocycles. The zero-order valence-corrected chi connectivity index (χ0v) is 12.7. The molecule has 0 radical (unpaired) electrons. The molecule has 2 heterocycles. The summed E-state index contributed by atoms with van der Waals surface area (Å²) >= 11 is 1.20. The van der Waals surface area contributed by atoms with Crippen molar-refractivity contribution < 1.29 is 12.8 Å². The minimum absolute atomic E-state index is 0.270. The highest BCUT2D eigenvalue weighted by atomic mass is 32.2. The van der Waals surface area contributed by atoms with Crippen molar-refractivity contribution in [3.63, 3.8) is 0 Å². The fourth-order valence-electron chi connectivity index (χ4n) is 1.91. The van der Waals surface area contributed by atoms with Crippen molar-refractivity contribution in [2.45, 2.75) is 10.8 Å². The average Bonchev–Trinajstić information content (AvgIpc) is 3.19. The van der Waals surface area contributed by atoms with E-state index in [0.717, 1.165) is 16.7 Å². The van der Waals surface area contributed by atoms with Gasteiger partial charge in [-0.25, -0.2) is 13.1 Å². The maximum Gasteiger partial charge on any atom is 0.250 e. The van der Waals surface area contributed by atoms with E-state index in [1.807, 2.05) is 30.3 Å². The summed E-state index contributed by atoms with van der Waals surface area (Å²) in [5.41, 5.74) is 2.94. The van der Waals surface area contributed by atoms with Crippen molar-refractivity contribution in [3.05, 3.63) is 65.9 Å². The summed E-state index contributed by atoms with van der Waals surface area (Å²) in [7, 11) is -3.41. The fraction of sp³-hybridized carbons (Fsp3) is 0.0667. The molecule has 3 aromatic rings. The molecule has 21 heavy (non-hydrogen) atoms. The first-order valence-electron chi connectivity index (χ1n) is 6.30. The van der Waals surface area contributed by atoms with Gasteiger partial charge in [0.2, 0.25) is 10.0 Å². The molecule has 0 aliphatic heterocycles. The van der Waals surface area contributed by atoms with Crippen molar-refractivity contribution in [1.82, 2.24) is 4.72 Å². The summed E-state index contributed by atoms with van der Waals surface area (Å²) < 4.78 is 32.0. The van der Waals surface area contributed by atoms with Crippen LogP contribution < -0.4 is 4.72 Å². The Bertz CT molecular complexity index is 789. The number of furan rings is 1. The van der Waals surface area contributed by atoms with Crippen LogP contribution in [0.5, 0.6) is 0 Å². The molecule has 0 fully saturated rings. The molecular weight excluding hydrogens is 306 g/mol. The minimum Gasteiger partial charge on any atom is -0.472 e. The van der Waals surface area contributed by atoms with Gasteiger partial charge in [0.15, 0.2) is 0 Å². The lowest BCUT2D eigenvalue weighted by Gasteiger charge is -2.05. The summed E-state index contributed by atoms with van der Waals surface area (Å²) in [6.07, 6.45) is 3.30. The van der Waals surface area contributed by atoms with Gasteiger partial charge in [0.25, 0.3) is 0 Å². The van der Waals surface area contributed by atoms with Gasteiger partial charge in [0, 0.05) is 12.1 Å². The first-order valence-corrected chi connectivity index (χ1v) is 8.66. The van der Waals surface area contributed by atoms with E-state index in [4.69, 9.17) is 4.42 Å². The van der Waals surface area contributed by atoms with Crippen LogP contribution in [0.2, 0.25) is 0 Å². The highest BCUT2D eigenvalue weighted by molar-refractivity contribution is 7.91. The number of hydrogen-bond acceptors (Lipinski definition) is 4. The molecule has 0 amide bonds. The van der Waals surface area contributed by atoms with Crippen molar-refractivity contribution >= 4 is 21.4 Å². The van der Waals surface area contributed by atoms with Crippen LogP contribution in [0.15, 0.2) is 69.0 Å². The third-order valence-electron chi connectivity index (χ3n) is 3.03. The van der Waals surface area contributed by atoms with Crippen molar-refractivity contribution in [3.8, 4) is 11.1 Å². The molecule has 0 saturated heterocycles. The quantitative estimate of drug-likeness (QED) is 0.783. The number of thiophene rings is 1. The van der Waals surface area contributed by atoms with E-state index in [2.05, 4.69) is 4.72 Å². The van der Waals surface area contributed by atoms with Crippen LogP contribution in [0.25, 0.3) is 11.1 Å². The van der Waals surface area contributed by atoms with Gasteiger partial charge in [-0.1, -0.05) is 30.3 Å². The van der Waals surface area contributed by atoms with Crippen LogP contribution >= 0.6 is 11.3 Å². The van der Waals surface area contributed by atoms with Crippen molar-refractivity contribution in [2.24, 2.45) is 0 Å². The first kappa shape index (κ1) is 14.1. The molecule has 1 aromatic carbocycles. The molecule has 0 saturated carbocycles.